The van der Waals surface area contributed by atoms with E-state index in [-0.39, 0.29) is 18.9 Å². The molecule has 35 heavy (non-hydrogen) atoms. The van der Waals surface area contributed by atoms with E-state index in [0.717, 1.165) is 43.7 Å². The van der Waals surface area contributed by atoms with Crippen LogP contribution in [0.5, 0.6) is 0 Å². The van der Waals surface area contributed by atoms with Gasteiger partial charge in [0.05, 0.1) is 22.2 Å². The Morgan fingerprint density at radius 2 is 1.71 bits per heavy atom. The Balaban J connectivity index is 1.24. The molecule has 0 bridgehead atoms. The molecule has 0 saturated heterocycles. The number of carbonyl (C=O) groups is 2. The quantitative estimate of drug-likeness (QED) is 0.280. The largest absolute Gasteiger partial charge is 0.462 e. The number of rotatable bonds is 5. The van der Waals surface area contributed by atoms with Gasteiger partial charge in [-0.2, -0.15) is 0 Å². The Hall–Kier alpha value is -4.03. The number of nitrogens with zero attached hydrogens (tertiary/aromatic N) is 2. The molecule has 5 aromatic rings. The molecule has 0 spiro atoms. The lowest BCUT2D eigenvalue weighted by Crippen LogP contribution is -2.30. The maximum Gasteiger partial charge on any atom is 0.338 e. The summed E-state index contributed by atoms with van der Waals surface area (Å²) in [6, 6.07) is 27.5. The molecule has 4 aromatic carbocycles. The van der Waals surface area contributed by atoms with Crippen LogP contribution in [-0.4, -0.2) is 30.0 Å². The highest BCUT2D eigenvalue weighted by Crippen LogP contribution is 2.36. The number of aromatic nitrogens is 1. The molecule has 0 N–H and O–H groups in total. The van der Waals surface area contributed by atoms with Gasteiger partial charge in [-0.15, -0.1) is 11.3 Å². The number of esters is 1. The highest BCUT2D eigenvalue weighted by molar-refractivity contribution is 7.21. The van der Waals surface area contributed by atoms with Gasteiger partial charge in [-0.25, -0.2) is 9.78 Å². The maximum atomic E-state index is 13.2. The number of para-hydroxylation sites is 2. The fourth-order valence-electron chi connectivity index (χ4n) is 4.72. The van der Waals surface area contributed by atoms with Crippen LogP contribution in [0.4, 0.5) is 5.69 Å². The maximum absolute atomic E-state index is 13.2. The fraction of sp³-hybridized carbons (Fsp3) is 0.138. The van der Waals surface area contributed by atoms with Gasteiger partial charge in [0, 0.05) is 23.2 Å². The summed E-state index contributed by atoms with van der Waals surface area (Å²) >= 11 is 1.60. The fourth-order valence-corrected chi connectivity index (χ4v) is 5.72. The van der Waals surface area contributed by atoms with Gasteiger partial charge in [0.2, 0.25) is 5.91 Å². The van der Waals surface area contributed by atoms with E-state index in [2.05, 4.69) is 0 Å². The van der Waals surface area contributed by atoms with Crippen molar-refractivity contribution in [2.45, 2.75) is 12.8 Å². The van der Waals surface area contributed by atoms with Crippen molar-refractivity contribution in [2.24, 2.45) is 0 Å². The van der Waals surface area contributed by atoms with E-state index in [1.807, 2.05) is 78.9 Å². The zero-order valence-electron chi connectivity index (χ0n) is 18.9. The first-order valence-corrected chi connectivity index (χ1v) is 12.4. The van der Waals surface area contributed by atoms with Crippen molar-refractivity contribution in [1.29, 1.82) is 0 Å². The number of fused-ring (bicyclic) bond motifs is 3. The smallest absolute Gasteiger partial charge is 0.338 e. The van der Waals surface area contributed by atoms with Gasteiger partial charge < -0.3 is 9.64 Å². The minimum Gasteiger partial charge on any atom is -0.462 e. The third-order valence-electron chi connectivity index (χ3n) is 6.39. The number of thiazole rings is 1. The predicted molar refractivity (Wildman–Crippen MR) is 140 cm³/mol. The van der Waals surface area contributed by atoms with E-state index in [4.69, 9.17) is 9.72 Å². The second kappa shape index (κ2) is 8.96. The molecule has 0 aliphatic carbocycles. The summed E-state index contributed by atoms with van der Waals surface area (Å²) in [5, 5.41) is 2.62. The van der Waals surface area contributed by atoms with Crippen molar-refractivity contribution in [1.82, 2.24) is 4.98 Å². The zero-order valence-corrected chi connectivity index (χ0v) is 19.8. The molecule has 5 nitrogen and oxygen atoms in total. The zero-order chi connectivity index (χ0) is 23.8. The van der Waals surface area contributed by atoms with E-state index >= 15 is 0 Å². The molecule has 172 valence electrons. The number of carbonyl (C=O) groups excluding carboxylic acids is 2. The Labute approximate surface area is 206 Å². The molecule has 0 radical (unpaired) electrons. The minimum atomic E-state index is -0.432. The summed E-state index contributed by atoms with van der Waals surface area (Å²) in [6.45, 7) is 0.705. The minimum absolute atomic E-state index is 0.0316. The monoisotopic (exact) mass is 478 g/mol. The van der Waals surface area contributed by atoms with Gasteiger partial charge >= 0.3 is 5.97 Å². The Kier molecular flexibility index (Phi) is 5.51. The van der Waals surface area contributed by atoms with Crippen molar-refractivity contribution in [2.75, 3.05) is 18.1 Å². The van der Waals surface area contributed by atoms with Crippen LogP contribution in [-0.2, 0) is 16.0 Å². The first kappa shape index (κ1) is 21.5. The molecular weight excluding hydrogens is 456 g/mol. The van der Waals surface area contributed by atoms with Crippen LogP contribution in [0.1, 0.15) is 22.3 Å². The van der Waals surface area contributed by atoms with Gasteiger partial charge in [0.25, 0.3) is 0 Å². The number of hydrogen-bond donors (Lipinski definition) is 0. The van der Waals surface area contributed by atoms with Crippen molar-refractivity contribution >= 4 is 49.9 Å². The van der Waals surface area contributed by atoms with Crippen molar-refractivity contribution in [3.8, 4) is 10.6 Å². The molecule has 6 rings (SSSR count). The average molecular weight is 479 g/mol. The van der Waals surface area contributed by atoms with Crippen LogP contribution in [0.2, 0.25) is 0 Å². The second-order valence-corrected chi connectivity index (χ2v) is 9.54. The summed E-state index contributed by atoms with van der Waals surface area (Å²) in [7, 11) is 0. The van der Waals surface area contributed by atoms with Crippen LogP contribution >= 0.6 is 11.3 Å². The molecule has 6 heteroatoms. The van der Waals surface area contributed by atoms with E-state index in [0.29, 0.717) is 12.1 Å². The second-order valence-electron chi connectivity index (χ2n) is 8.51. The average Bonchev–Trinajstić information content (AvgIpc) is 3.52. The predicted octanol–water partition coefficient (Wildman–Crippen LogP) is 6.25. The Bertz CT molecular complexity index is 1550. The summed E-state index contributed by atoms with van der Waals surface area (Å²) in [5.41, 5.74) is 4.46. The lowest BCUT2D eigenvalue weighted by atomic mass is 9.99. The highest BCUT2D eigenvalue weighted by Gasteiger charge is 2.24. The molecule has 0 fully saturated rings. The first-order valence-electron chi connectivity index (χ1n) is 11.6. The molecule has 0 unspecified atom stereocenters. The molecule has 0 saturated carbocycles. The van der Waals surface area contributed by atoms with Crippen molar-refractivity contribution < 1.29 is 14.3 Å². The topological polar surface area (TPSA) is 59.5 Å². The van der Waals surface area contributed by atoms with Crippen LogP contribution in [0.15, 0.2) is 84.9 Å². The van der Waals surface area contributed by atoms with Crippen LogP contribution in [0.3, 0.4) is 0 Å². The van der Waals surface area contributed by atoms with Gasteiger partial charge in [0.1, 0.15) is 11.6 Å². The number of anilines is 1. The SMILES string of the molecule is O=C(OCCC(=O)N1CCc2ccccc21)c1cccc2cccc(-c3nc4ccccc4s3)c12. The van der Waals surface area contributed by atoms with E-state index in [1.165, 1.54) is 5.56 Å². The molecule has 1 amide bonds. The summed E-state index contributed by atoms with van der Waals surface area (Å²) in [5.74, 6) is -0.463. The van der Waals surface area contributed by atoms with E-state index < -0.39 is 5.97 Å². The normalized spacial score (nSPS) is 12.7. The van der Waals surface area contributed by atoms with E-state index in [9.17, 15) is 9.59 Å². The summed E-state index contributed by atoms with van der Waals surface area (Å²) < 4.78 is 6.70. The van der Waals surface area contributed by atoms with Crippen LogP contribution in [0.25, 0.3) is 31.6 Å². The standard InChI is InChI=1S/C29H22N2O3S/c32-26(31-17-15-19-7-1-3-13-24(19)31)16-18-34-29(33)22-11-6-9-20-8-5-10-21(27(20)22)28-30-23-12-2-4-14-25(23)35-28/h1-14H,15-18H2. The lowest BCUT2D eigenvalue weighted by Gasteiger charge is -2.17. The molecule has 2 heterocycles. The first-order chi connectivity index (χ1) is 17.2. The third-order valence-corrected chi connectivity index (χ3v) is 7.46. The Morgan fingerprint density at radius 3 is 2.60 bits per heavy atom. The van der Waals surface area contributed by atoms with Crippen LogP contribution in [0, 0.1) is 0 Å². The molecule has 0 atom stereocenters. The molecular formula is C29H22N2O3S. The van der Waals surface area contributed by atoms with Gasteiger partial charge in [-0.05, 0) is 41.6 Å². The highest BCUT2D eigenvalue weighted by atomic mass is 32.1. The van der Waals surface area contributed by atoms with Crippen molar-refractivity contribution in [3.63, 3.8) is 0 Å². The summed E-state index contributed by atoms with van der Waals surface area (Å²) in [6.07, 6.45) is 1.00. The van der Waals surface area contributed by atoms with Gasteiger partial charge in [-0.3, -0.25) is 4.79 Å². The third kappa shape index (κ3) is 3.96. The van der Waals surface area contributed by atoms with Gasteiger partial charge in [-0.1, -0.05) is 60.7 Å². The Morgan fingerprint density at radius 1 is 0.914 bits per heavy atom. The number of amides is 1. The molecule has 1 aliphatic rings. The number of hydrogen-bond acceptors (Lipinski definition) is 5. The number of ether oxygens (including phenoxy) is 1. The number of benzene rings is 4. The lowest BCUT2D eigenvalue weighted by molar-refractivity contribution is -0.119. The summed E-state index contributed by atoms with van der Waals surface area (Å²) in [4.78, 5) is 32.5. The van der Waals surface area contributed by atoms with Gasteiger partial charge in [0.15, 0.2) is 0 Å². The van der Waals surface area contributed by atoms with Crippen LogP contribution < -0.4 is 4.90 Å². The molecule has 1 aromatic heterocycles. The van der Waals surface area contributed by atoms with E-state index in [1.54, 1.807) is 22.3 Å². The molecule has 1 aliphatic heterocycles. The van der Waals surface area contributed by atoms with Crippen molar-refractivity contribution in [3.05, 3.63) is 96.1 Å².